The molecular formula is C14H10N2O4. The molecule has 0 bridgehead atoms. The Morgan fingerprint density at radius 2 is 2.05 bits per heavy atom. The second kappa shape index (κ2) is 5.77. The molecule has 1 aliphatic heterocycles. The van der Waals surface area contributed by atoms with Crippen LogP contribution in [0.1, 0.15) is 12.5 Å². The topological polar surface area (TPSA) is 92.3 Å². The van der Waals surface area contributed by atoms with Crippen LogP contribution < -0.4 is 9.47 Å². The zero-order valence-electron chi connectivity index (χ0n) is 10.7. The minimum absolute atomic E-state index is 0.0516. The average molecular weight is 270 g/mol. The molecule has 1 aromatic carbocycles. The Morgan fingerprint density at radius 3 is 2.70 bits per heavy atom. The number of ether oxygens (including phenoxy) is 3. The first-order valence-corrected chi connectivity index (χ1v) is 5.82. The van der Waals surface area contributed by atoms with Crippen LogP contribution in [0.5, 0.6) is 11.5 Å². The summed E-state index contributed by atoms with van der Waals surface area (Å²) in [6.45, 7) is 1.86. The van der Waals surface area contributed by atoms with Crippen molar-refractivity contribution in [3.8, 4) is 23.6 Å². The Morgan fingerprint density at radius 1 is 1.30 bits per heavy atom. The fourth-order valence-electron chi connectivity index (χ4n) is 1.72. The molecule has 0 saturated carbocycles. The van der Waals surface area contributed by atoms with Gasteiger partial charge in [0.1, 0.15) is 12.1 Å². The van der Waals surface area contributed by atoms with Gasteiger partial charge in [-0.3, -0.25) is 0 Å². The number of rotatable bonds is 3. The molecule has 0 aromatic heterocycles. The normalized spacial score (nSPS) is 12.9. The van der Waals surface area contributed by atoms with Crippen molar-refractivity contribution in [2.75, 3.05) is 13.4 Å². The van der Waals surface area contributed by atoms with Gasteiger partial charge < -0.3 is 14.2 Å². The highest BCUT2D eigenvalue weighted by Gasteiger charge is 2.21. The fraction of sp³-hybridized carbons (Fsp3) is 0.214. The first-order chi connectivity index (χ1) is 9.71. The monoisotopic (exact) mass is 270 g/mol. The number of carbonyl (C=O) groups excluding carboxylic acids is 1. The third kappa shape index (κ3) is 2.40. The van der Waals surface area contributed by atoms with Crippen molar-refractivity contribution in [1.29, 1.82) is 10.5 Å². The van der Waals surface area contributed by atoms with Gasteiger partial charge in [0.05, 0.1) is 12.2 Å². The van der Waals surface area contributed by atoms with Crippen molar-refractivity contribution in [1.82, 2.24) is 0 Å². The molecule has 6 nitrogen and oxygen atoms in total. The van der Waals surface area contributed by atoms with Crippen LogP contribution in [-0.4, -0.2) is 19.4 Å². The summed E-state index contributed by atoms with van der Waals surface area (Å²) in [5.41, 5.74) is 0.0267. The summed E-state index contributed by atoms with van der Waals surface area (Å²) in [4.78, 5) is 11.7. The van der Waals surface area contributed by atoms with Crippen LogP contribution in [0.15, 0.2) is 23.8 Å². The molecule has 0 spiro atoms. The smallest absolute Gasteiger partial charge is 0.350 e. The van der Waals surface area contributed by atoms with Gasteiger partial charge in [0.2, 0.25) is 6.79 Å². The summed E-state index contributed by atoms with van der Waals surface area (Å²) in [7, 11) is 0. The maximum atomic E-state index is 11.7. The van der Waals surface area contributed by atoms with E-state index < -0.39 is 5.97 Å². The third-order valence-electron chi connectivity index (χ3n) is 2.61. The lowest BCUT2D eigenvalue weighted by Crippen LogP contribution is -2.08. The summed E-state index contributed by atoms with van der Waals surface area (Å²) in [5.74, 6) is 0.210. The van der Waals surface area contributed by atoms with Crippen molar-refractivity contribution < 1.29 is 19.0 Å². The molecule has 0 atom stereocenters. The van der Waals surface area contributed by atoms with Crippen LogP contribution in [0.3, 0.4) is 0 Å². The highest BCUT2D eigenvalue weighted by atomic mass is 16.7. The predicted octanol–water partition coefficient (Wildman–Crippen LogP) is 1.78. The van der Waals surface area contributed by atoms with Crippen molar-refractivity contribution >= 4 is 11.5 Å². The SMILES string of the molecule is CCOC(=O)/C(C#N)=C(/C#N)c1ccc2c(c1)OCO2. The number of allylic oxidation sites excluding steroid dienone is 1. The van der Waals surface area contributed by atoms with Crippen molar-refractivity contribution in [2.24, 2.45) is 0 Å². The van der Waals surface area contributed by atoms with Gasteiger partial charge in [-0.25, -0.2) is 4.79 Å². The van der Waals surface area contributed by atoms with Gasteiger partial charge in [0.15, 0.2) is 17.1 Å². The molecule has 0 fully saturated rings. The number of carbonyl (C=O) groups is 1. The van der Waals surface area contributed by atoms with E-state index in [0.717, 1.165) is 0 Å². The molecule has 20 heavy (non-hydrogen) atoms. The average Bonchev–Trinajstić information content (AvgIpc) is 2.92. The van der Waals surface area contributed by atoms with Gasteiger partial charge in [-0.2, -0.15) is 10.5 Å². The van der Waals surface area contributed by atoms with Gasteiger partial charge in [0, 0.05) is 0 Å². The van der Waals surface area contributed by atoms with Crippen LogP contribution in [-0.2, 0) is 9.53 Å². The molecular weight excluding hydrogens is 260 g/mol. The molecule has 0 aliphatic carbocycles. The molecule has 1 aromatic rings. The van der Waals surface area contributed by atoms with Crippen LogP contribution in [0, 0.1) is 22.7 Å². The van der Waals surface area contributed by atoms with Gasteiger partial charge in [-0.05, 0) is 30.7 Å². The minimum Gasteiger partial charge on any atom is -0.462 e. The summed E-state index contributed by atoms with van der Waals surface area (Å²) in [6, 6.07) is 8.33. The molecule has 6 heteroatoms. The number of hydrogen-bond acceptors (Lipinski definition) is 6. The molecule has 0 radical (unpaired) electrons. The minimum atomic E-state index is -0.816. The molecule has 0 unspecified atom stereocenters. The molecule has 0 amide bonds. The van der Waals surface area contributed by atoms with Crippen molar-refractivity contribution in [3.05, 3.63) is 29.3 Å². The lowest BCUT2D eigenvalue weighted by molar-refractivity contribution is -0.137. The number of nitriles is 2. The van der Waals surface area contributed by atoms with Crippen LogP contribution in [0.2, 0.25) is 0 Å². The molecule has 100 valence electrons. The maximum absolute atomic E-state index is 11.7. The lowest BCUT2D eigenvalue weighted by Gasteiger charge is -2.04. The van der Waals surface area contributed by atoms with E-state index in [1.54, 1.807) is 31.2 Å². The number of nitrogens with zero attached hydrogens (tertiary/aromatic N) is 2. The number of fused-ring (bicyclic) bond motifs is 1. The van der Waals surface area contributed by atoms with Crippen molar-refractivity contribution in [3.63, 3.8) is 0 Å². The maximum Gasteiger partial charge on any atom is 0.350 e. The Kier molecular flexibility index (Phi) is 3.88. The third-order valence-corrected chi connectivity index (χ3v) is 2.61. The van der Waals surface area contributed by atoms with Crippen LogP contribution >= 0.6 is 0 Å². The van der Waals surface area contributed by atoms with E-state index in [0.29, 0.717) is 17.1 Å². The Hall–Kier alpha value is -2.99. The van der Waals surface area contributed by atoms with Gasteiger partial charge in [0.25, 0.3) is 0 Å². The quantitative estimate of drug-likeness (QED) is 0.472. The molecule has 1 aliphatic rings. The molecule has 1 heterocycles. The zero-order chi connectivity index (χ0) is 14.5. The van der Waals surface area contributed by atoms with E-state index in [2.05, 4.69) is 0 Å². The van der Waals surface area contributed by atoms with E-state index in [-0.39, 0.29) is 24.5 Å². The predicted molar refractivity (Wildman–Crippen MR) is 67.3 cm³/mol. The Labute approximate surface area is 115 Å². The first-order valence-electron chi connectivity index (χ1n) is 5.82. The zero-order valence-corrected chi connectivity index (χ0v) is 10.7. The van der Waals surface area contributed by atoms with E-state index in [9.17, 15) is 10.1 Å². The van der Waals surface area contributed by atoms with E-state index in [1.165, 1.54) is 0 Å². The van der Waals surface area contributed by atoms with Gasteiger partial charge in [-0.1, -0.05) is 0 Å². The van der Waals surface area contributed by atoms with E-state index in [1.807, 2.05) is 6.07 Å². The van der Waals surface area contributed by atoms with Crippen molar-refractivity contribution in [2.45, 2.75) is 6.92 Å². The van der Waals surface area contributed by atoms with E-state index in [4.69, 9.17) is 19.5 Å². The highest BCUT2D eigenvalue weighted by Crippen LogP contribution is 2.35. The summed E-state index contributed by atoms with van der Waals surface area (Å²) in [5, 5.41) is 18.3. The number of benzene rings is 1. The largest absolute Gasteiger partial charge is 0.462 e. The van der Waals surface area contributed by atoms with Crippen LogP contribution in [0.4, 0.5) is 0 Å². The Balaban J connectivity index is 2.49. The summed E-state index contributed by atoms with van der Waals surface area (Å²) < 4.78 is 15.1. The van der Waals surface area contributed by atoms with Gasteiger partial charge >= 0.3 is 5.97 Å². The molecule has 2 rings (SSSR count). The standard InChI is InChI=1S/C14H10N2O4/c1-2-18-14(17)11(7-16)10(6-15)9-3-4-12-13(5-9)20-8-19-12/h3-5H,2,8H2,1H3/b11-10-. The number of esters is 1. The molecule has 0 saturated heterocycles. The second-order valence-electron chi connectivity index (χ2n) is 3.76. The van der Waals surface area contributed by atoms with Crippen LogP contribution in [0.25, 0.3) is 5.57 Å². The molecule has 0 N–H and O–H groups in total. The highest BCUT2D eigenvalue weighted by molar-refractivity contribution is 6.04. The van der Waals surface area contributed by atoms with E-state index >= 15 is 0 Å². The first kappa shape index (κ1) is 13.4. The lowest BCUT2D eigenvalue weighted by atomic mass is 10.0. The Bertz CT molecular complexity index is 665. The fourth-order valence-corrected chi connectivity index (χ4v) is 1.72. The summed E-state index contributed by atoms with van der Waals surface area (Å²) >= 11 is 0. The second-order valence-corrected chi connectivity index (χ2v) is 3.76. The summed E-state index contributed by atoms with van der Waals surface area (Å²) in [6.07, 6.45) is 0. The number of hydrogen-bond donors (Lipinski definition) is 0. The van der Waals surface area contributed by atoms with Gasteiger partial charge in [-0.15, -0.1) is 0 Å².